The Labute approximate surface area is 183 Å². The fourth-order valence-corrected chi connectivity index (χ4v) is 8.23. The van der Waals surface area contributed by atoms with Crippen molar-refractivity contribution in [3.8, 4) is 0 Å². The first-order valence-electron chi connectivity index (χ1n) is 12.6. The van der Waals surface area contributed by atoms with Crippen molar-refractivity contribution in [2.45, 2.75) is 117 Å². The van der Waals surface area contributed by atoms with E-state index < -0.39 is 5.60 Å². The Bertz CT molecular complexity index is 716. The third-order valence-corrected chi connectivity index (χ3v) is 9.97. The van der Waals surface area contributed by atoms with Crippen molar-refractivity contribution in [1.29, 1.82) is 0 Å². The average Bonchev–Trinajstić information content (AvgIpc) is 2.92. The fraction of sp³-hybridized carbons (Fsp3) is 0.889. The quantitative estimate of drug-likeness (QED) is 0.593. The Morgan fingerprint density at radius 3 is 2.60 bits per heavy atom. The van der Waals surface area contributed by atoms with Gasteiger partial charge in [-0.2, -0.15) is 0 Å². The number of Topliss-reactive ketones (excluding diaryl/α,β-unsaturated/α-hetero) is 1. The number of aliphatic hydroxyl groups is 2. The van der Waals surface area contributed by atoms with Crippen LogP contribution in [0.25, 0.3) is 0 Å². The molecule has 7 atom stereocenters. The molecule has 0 heterocycles. The van der Waals surface area contributed by atoms with Crippen LogP contribution in [-0.4, -0.2) is 27.7 Å². The highest BCUT2D eigenvalue weighted by Crippen LogP contribution is 2.65. The summed E-state index contributed by atoms with van der Waals surface area (Å²) in [4.78, 5) is 13.4. The van der Waals surface area contributed by atoms with Crippen LogP contribution in [0.15, 0.2) is 11.1 Å². The number of carbonyl (C=O) groups excluding carboxylic acids is 1. The molecular formula is C27H44O3. The lowest BCUT2D eigenvalue weighted by molar-refractivity contribution is -0.115. The van der Waals surface area contributed by atoms with Gasteiger partial charge in [0.15, 0.2) is 5.78 Å². The van der Waals surface area contributed by atoms with Gasteiger partial charge >= 0.3 is 0 Å². The van der Waals surface area contributed by atoms with Gasteiger partial charge < -0.3 is 10.2 Å². The zero-order chi connectivity index (χ0) is 21.9. The minimum Gasteiger partial charge on any atom is -0.393 e. The van der Waals surface area contributed by atoms with Gasteiger partial charge in [-0.05, 0) is 99.7 Å². The highest BCUT2D eigenvalue weighted by molar-refractivity contribution is 6.00. The van der Waals surface area contributed by atoms with Gasteiger partial charge in [0.2, 0.25) is 0 Å². The monoisotopic (exact) mass is 416 g/mol. The van der Waals surface area contributed by atoms with Crippen LogP contribution >= 0.6 is 0 Å². The van der Waals surface area contributed by atoms with E-state index in [0.29, 0.717) is 29.5 Å². The van der Waals surface area contributed by atoms with E-state index in [0.717, 1.165) is 64.2 Å². The van der Waals surface area contributed by atoms with Gasteiger partial charge in [0.25, 0.3) is 0 Å². The number of rotatable bonds is 5. The van der Waals surface area contributed by atoms with Gasteiger partial charge in [-0.3, -0.25) is 4.79 Å². The van der Waals surface area contributed by atoms with E-state index in [1.807, 2.05) is 13.8 Å². The summed E-state index contributed by atoms with van der Waals surface area (Å²) >= 11 is 0. The molecular weight excluding hydrogens is 372 g/mol. The Kier molecular flexibility index (Phi) is 5.80. The Morgan fingerprint density at radius 1 is 1.17 bits per heavy atom. The number of hydrogen-bond donors (Lipinski definition) is 2. The molecule has 4 aliphatic carbocycles. The lowest BCUT2D eigenvalue weighted by Gasteiger charge is -2.56. The number of fused-ring (bicyclic) bond motifs is 4. The summed E-state index contributed by atoms with van der Waals surface area (Å²) in [6.45, 7) is 11.0. The van der Waals surface area contributed by atoms with Crippen molar-refractivity contribution in [1.82, 2.24) is 0 Å². The molecule has 0 aromatic rings. The molecule has 0 amide bonds. The molecule has 4 rings (SSSR count). The molecule has 0 aromatic carbocycles. The maximum Gasteiger partial charge on any atom is 0.159 e. The van der Waals surface area contributed by atoms with E-state index in [9.17, 15) is 15.0 Å². The Balaban J connectivity index is 1.57. The SMILES string of the molecule is C[C@H](CCCC(C)(C)O)[C@H]1CC(=O)C2=C3CC[C@H]4C[C@@H](O)CC[C@]4(C)[C@H]3CC[C@@]21C. The third-order valence-electron chi connectivity index (χ3n) is 9.97. The largest absolute Gasteiger partial charge is 0.393 e. The van der Waals surface area contributed by atoms with Crippen molar-refractivity contribution < 1.29 is 15.0 Å². The number of carbonyl (C=O) groups is 1. The molecule has 0 saturated heterocycles. The first-order chi connectivity index (χ1) is 14.0. The predicted molar refractivity (Wildman–Crippen MR) is 121 cm³/mol. The molecule has 2 N–H and O–H groups in total. The Morgan fingerprint density at radius 2 is 1.90 bits per heavy atom. The molecule has 0 spiro atoms. The smallest absolute Gasteiger partial charge is 0.159 e. The van der Waals surface area contributed by atoms with Gasteiger partial charge in [0, 0.05) is 12.0 Å². The molecule has 3 fully saturated rings. The Hall–Kier alpha value is -0.670. The summed E-state index contributed by atoms with van der Waals surface area (Å²) in [5, 5.41) is 20.3. The maximum atomic E-state index is 13.4. The van der Waals surface area contributed by atoms with Gasteiger partial charge in [-0.15, -0.1) is 0 Å². The molecule has 0 bridgehead atoms. The topological polar surface area (TPSA) is 57.5 Å². The summed E-state index contributed by atoms with van der Waals surface area (Å²) in [5.74, 6) is 2.59. The summed E-state index contributed by atoms with van der Waals surface area (Å²) in [7, 11) is 0. The molecule has 0 aromatic heterocycles. The van der Waals surface area contributed by atoms with Crippen LogP contribution in [0.4, 0.5) is 0 Å². The van der Waals surface area contributed by atoms with Crippen molar-refractivity contribution in [2.24, 2.45) is 34.5 Å². The lowest BCUT2D eigenvalue weighted by Crippen LogP contribution is -2.48. The molecule has 3 heteroatoms. The maximum absolute atomic E-state index is 13.4. The van der Waals surface area contributed by atoms with Crippen LogP contribution in [0.5, 0.6) is 0 Å². The predicted octanol–water partition coefficient (Wildman–Crippen LogP) is 5.83. The summed E-state index contributed by atoms with van der Waals surface area (Å²) in [5.41, 5.74) is 2.49. The van der Waals surface area contributed by atoms with Gasteiger partial charge in [0.1, 0.15) is 0 Å². The second-order valence-corrected chi connectivity index (χ2v) is 12.5. The number of allylic oxidation sites excluding steroid dienone is 2. The molecule has 0 aliphatic heterocycles. The minimum absolute atomic E-state index is 0.0500. The molecule has 3 saturated carbocycles. The van der Waals surface area contributed by atoms with Crippen molar-refractivity contribution in [2.75, 3.05) is 0 Å². The van der Waals surface area contributed by atoms with Gasteiger partial charge in [0.05, 0.1) is 11.7 Å². The van der Waals surface area contributed by atoms with E-state index in [2.05, 4.69) is 20.8 Å². The van der Waals surface area contributed by atoms with E-state index in [-0.39, 0.29) is 16.9 Å². The molecule has 170 valence electrons. The highest BCUT2D eigenvalue weighted by atomic mass is 16.3. The second kappa shape index (κ2) is 7.73. The first-order valence-corrected chi connectivity index (χ1v) is 12.6. The fourth-order valence-electron chi connectivity index (χ4n) is 8.23. The van der Waals surface area contributed by atoms with Gasteiger partial charge in [-0.1, -0.05) is 39.2 Å². The third kappa shape index (κ3) is 3.72. The minimum atomic E-state index is -0.595. The molecule has 0 unspecified atom stereocenters. The summed E-state index contributed by atoms with van der Waals surface area (Å²) in [6, 6.07) is 0. The molecule has 3 nitrogen and oxygen atoms in total. The van der Waals surface area contributed by atoms with Crippen molar-refractivity contribution in [3.63, 3.8) is 0 Å². The van der Waals surface area contributed by atoms with Crippen LogP contribution in [0.3, 0.4) is 0 Å². The lowest BCUT2D eigenvalue weighted by atomic mass is 9.48. The average molecular weight is 417 g/mol. The zero-order valence-electron chi connectivity index (χ0n) is 20.0. The van der Waals surface area contributed by atoms with Crippen LogP contribution in [0.2, 0.25) is 0 Å². The number of ketones is 1. The highest BCUT2D eigenvalue weighted by Gasteiger charge is 2.58. The van der Waals surface area contributed by atoms with Crippen molar-refractivity contribution >= 4 is 5.78 Å². The number of hydrogen-bond acceptors (Lipinski definition) is 3. The van der Waals surface area contributed by atoms with E-state index in [4.69, 9.17) is 0 Å². The van der Waals surface area contributed by atoms with Crippen LogP contribution < -0.4 is 0 Å². The zero-order valence-corrected chi connectivity index (χ0v) is 20.0. The van der Waals surface area contributed by atoms with Crippen molar-refractivity contribution in [3.05, 3.63) is 11.1 Å². The van der Waals surface area contributed by atoms with E-state index in [1.54, 1.807) is 0 Å². The second-order valence-electron chi connectivity index (χ2n) is 12.5. The number of aliphatic hydroxyl groups excluding tert-OH is 1. The van der Waals surface area contributed by atoms with E-state index >= 15 is 0 Å². The van der Waals surface area contributed by atoms with Crippen LogP contribution in [-0.2, 0) is 4.79 Å². The van der Waals surface area contributed by atoms with Crippen LogP contribution in [0, 0.1) is 34.5 Å². The summed E-state index contributed by atoms with van der Waals surface area (Å²) < 4.78 is 0. The molecule has 0 radical (unpaired) electrons. The van der Waals surface area contributed by atoms with E-state index in [1.165, 1.54) is 17.6 Å². The first kappa shape index (κ1) is 22.5. The van der Waals surface area contributed by atoms with Crippen LogP contribution in [0.1, 0.15) is 105 Å². The van der Waals surface area contributed by atoms with Gasteiger partial charge in [-0.25, -0.2) is 0 Å². The molecule has 30 heavy (non-hydrogen) atoms. The summed E-state index contributed by atoms with van der Waals surface area (Å²) in [6.07, 6.45) is 11.2. The standard InChI is InChI=1S/C27H44O3/c1-17(7-6-12-25(2,3)30)22-16-23(29)24-20-9-8-18-15-19(28)10-13-26(18,4)21(20)11-14-27(22,24)5/h17-19,21-22,28,30H,6-16H2,1-5H3/t17-,18+,19+,21+,22-,26+,27-/m1/s1. The normalized spacial score (nSPS) is 42.6. The molecule has 4 aliphatic rings.